The molecular weight excluding hydrogens is 345 g/mol. The number of ether oxygens (including phenoxy) is 1. The number of H-pyrrole nitrogens is 1. The van der Waals surface area contributed by atoms with E-state index in [-0.39, 0.29) is 5.82 Å². The van der Waals surface area contributed by atoms with Gasteiger partial charge in [-0.1, -0.05) is 30.3 Å². The molecule has 0 aliphatic carbocycles. The summed E-state index contributed by atoms with van der Waals surface area (Å²) in [6.07, 6.45) is 2.01. The standard InChI is InChI=1S/C22H14FNO3/c23-15-6-7-17-18(9-13-5-8-20-19(10-13)24-22(25)27-20)16-4-2-1-3-14(16)12-26-21(17)11-15/h1-11H,12H2,(H,24,25)/b18-9-. The Kier molecular flexibility index (Phi) is 3.47. The van der Waals surface area contributed by atoms with Gasteiger partial charge in [0.15, 0.2) is 5.58 Å². The SMILES string of the molecule is O=c1[nH]c2cc(/C=C3/c4ccccc4COc4cc(F)ccc43)ccc2o1. The Bertz CT molecular complexity index is 1270. The average molecular weight is 359 g/mol. The van der Waals surface area contributed by atoms with E-state index in [9.17, 15) is 9.18 Å². The second kappa shape index (κ2) is 5.99. The Labute approximate surface area is 153 Å². The van der Waals surface area contributed by atoms with Crippen LogP contribution in [0.5, 0.6) is 5.75 Å². The molecule has 3 aromatic carbocycles. The van der Waals surface area contributed by atoms with E-state index >= 15 is 0 Å². The van der Waals surface area contributed by atoms with Crippen molar-refractivity contribution in [1.82, 2.24) is 4.98 Å². The molecule has 2 heterocycles. The first-order valence-electron chi connectivity index (χ1n) is 8.53. The molecule has 0 unspecified atom stereocenters. The summed E-state index contributed by atoms with van der Waals surface area (Å²) in [5, 5.41) is 0. The number of halogens is 1. The summed E-state index contributed by atoms with van der Waals surface area (Å²) < 4.78 is 24.7. The highest BCUT2D eigenvalue weighted by Gasteiger charge is 2.19. The van der Waals surface area contributed by atoms with Gasteiger partial charge in [0.1, 0.15) is 18.2 Å². The third kappa shape index (κ3) is 2.73. The van der Waals surface area contributed by atoms with Crippen LogP contribution in [-0.2, 0) is 6.61 Å². The van der Waals surface area contributed by atoms with Crippen molar-refractivity contribution >= 4 is 22.7 Å². The lowest BCUT2D eigenvalue weighted by molar-refractivity contribution is 0.305. The van der Waals surface area contributed by atoms with Gasteiger partial charge in [0.25, 0.3) is 0 Å². The summed E-state index contributed by atoms with van der Waals surface area (Å²) in [6, 6.07) is 18.0. The Balaban J connectivity index is 1.75. The molecule has 1 N–H and O–H groups in total. The van der Waals surface area contributed by atoms with E-state index < -0.39 is 5.76 Å². The molecule has 0 bridgehead atoms. The molecule has 1 aromatic heterocycles. The van der Waals surface area contributed by atoms with E-state index in [1.54, 1.807) is 12.1 Å². The summed E-state index contributed by atoms with van der Waals surface area (Å²) in [7, 11) is 0. The first-order chi connectivity index (χ1) is 13.2. The normalized spacial score (nSPS) is 14.5. The Morgan fingerprint density at radius 1 is 1.00 bits per heavy atom. The van der Waals surface area contributed by atoms with Crippen molar-refractivity contribution in [3.8, 4) is 5.75 Å². The maximum atomic E-state index is 13.7. The first kappa shape index (κ1) is 15.6. The number of benzene rings is 3. The molecule has 1 aliphatic heterocycles. The Hall–Kier alpha value is -3.60. The first-order valence-corrected chi connectivity index (χ1v) is 8.53. The van der Waals surface area contributed by atoms with Crippen molar-refractivity contribution in [3.05, 3.63) is 99.3 Å². The highest BCUT2D eigenvalue weighted by Crippen LogP contribution is 2.38. The van der Waals surface area contributed by atoms with Crippen LogP contribution in [0.25, 0.3) is 22.7 Å². The number of hydrogen-bond donors (Lipinski definition) is 1. The van der Waals surface area contributed by atoms with Gasteiger partial charge in [0, 0.05) is 11.6 Å². The van der Waals surface area contributed by atoms with Crippen LogP contribution < -0.4 is 10.5 Å². The van der Waals surface area contributed by atoms with Crippen LogP contribution in [0.2, 0.25) is 0 Å². The topological polar surface area (TPSA) is 55.2 Å². The van der Waals surface area contributed by atoms with E-state index in [4.69, 9.17) is 9.15 Å². The number of aromatic nitrogens is 1. The zero-order valence-corrected chi connectivity index (χ0v) is 14.2. The number of hydrogen-bond acceptors (Lipinski definition) is 3. The molecule has 0 spiro atoms. The maximum absolute atomic E-state index is 13.7. The van der Waals surface area contributed by atoms with Crippen molar-refractivity contribution < 1.29 is 13.5 Å². The zero-order valence-electron chi connectivity index (χ0n) is 14.2. The van der Waals surface area contributed by atoms with Gasteiger partial charge in [0.05, 0.1) is 5.52 Å². The van der Waals surface area contributed by atoms with Gasteiger partial charge in [-0.05, 0) is 52.6 Å². The summed E-state index contributed by atoms with van der Waals surface area (Å²) >= 11 is 0. The zero-order chi connectivity index (χ0) is 18.4. The lowest BCUT2D eigenvalue weighted by Gasteiger charge is -2.10. The highest BCUT2D eigenvalue weighted by molar-refractivity contribution is 5.95. The van der Waals surface area contributed by atoms with Crippen molar-refractivity contribution in [2.75, 3.05) is 0 Å². The summed E-state index contributed by atoms with van der Waals surface area (Å²) in [6.45, 7) is 0.373. The quantitative estimate of drug-likeness (QED) is 0.534. The van der Waals surface area contributed by atoms with Crippen LogP contribution in [0.4, 0.5) is 4.39 Å². The minimum Gasteiger partial charge on any atom is -0.488 e. The molecule has 5 heteroatoms. The lowest BCUT2D eigenvalue weighted by Crippen LogP contribution is -1.95. The fourth-order valence-electron chi connectivity index (χ4n) is 3.43. The van der Waals surface area contributed by atoms with E-state index in [1.807, 2.05) is 42.5 Å². The van der Waals surface area contributed by atoms with Crippen molar-refractivity contribution in [2.45, 2.75) is 6.61 Å². The van der Waals surface area contributed by atoms with Gasteiger partial charge in [-0.2, -0.15) is 0 Å². The summed E-state index contributed by atoms with van der Waals surface area (Å²) in [5.74, 6) is -0.310. The monoisotopic (exact) mass is 359 g/mol. The number of nitrogens with one attached hydrogen (secondary N) is 1. The number of oxazole rings is 1. The molecule has 27 heavy (non-hydrogen) atoms. The number of fused-ring (bicyclic) bond motifs is 3. The van der Waals surface area contributed by atoms with Gasteiger partial charge < -0.3 is 9.15 Å². The third-order valence-electron chi connectivity index (χ3n) is 4.68. The van der Waals surface area contributed by atoms with Gasteiger partial charge in [-0.15, -0.1) is 0 Å². The van der Waals surface area contributed by atoms with E-state index in [1.165, 1.54) is 12.1 Å². The van der Waals surface area contributed by atoms with Gasteiger partial charge in [-0.25, -0.2) is 9.18 Å². The van der Waals surface area contributed by atoms with Crippen LogP contribution in [0.1, 0.15) is 22.3 Å². The fourth-order valence-corrected chi connectivity index (χ4v) is 3.43. The van der Waals surface area contributed by atoms with E-state index in [2.05, 4.69) is 4.98 Å². The molecule has 5 rings (SSSR count). The van der Waals surface area contributed by atoms with Crippen molar-refractivity contribution in [2.24, 2.45) is 0 Å². The minimum absolute atomic E-state index is 0.337. The summed E-state index contributed by atoms with van der Waals surface area (Å²) in [5.41, 5.74) is 5.84. The highest BCUT2D eigenvalue weighted by atomic mass is 19.1. The molecule has 0 saturated heterocycles. The molecule has 1 aliphatic rings. The molecule has 0 amide bonds. The van der Waals surface area contributed by atoms with Gasteiger partial charge in [0.2, 0.25) is 0 Å². The van der Waals surface area contributed by atoms with Crippen LogP contribution in [0, 0.1) is 5.82 Å². The average Bonchev–Trinajstić information content (AvgIpc) is 2.97. The van der Waals surface area contributed by atoms with Gasteiger partial charge >= 0.3 is 5.76 Å². The molecule has 4 aromatic rings. The molecule has 0 saturated carbocycles. The molecule has 4 nitrogen and oxygen atoms in total. The van der Waals surface area contributed by atoms with Crippen LogP contribution >= 0.6 is 0 Å². The second-order valence-electron chi connectivity index (χ2n) is 6.41. The van der Waals surface area contributed by atoms with Gasteiger partial charge in [-0.3, -0.25) is 4.98 Å². The molecule has 0 fully saturated rings. The predicted molar refractivity (Wildman–Crippen MR) is 101 cm³/mol. The molecular formula is C22H14FNO3. The number of aromatic amines is 1. The van der Waals surface area contributed by atoms with Crippen LogP contribution in [0.15, 0.2) is 69.9 Å². The third-order valence-corrected chi connectivity index (χ3v) is 4.68. The Morgan fingerprint density at radius 2 is 1.89 bits per heavy atom. The number of rotatable bonds is 1. The Morgan fingerprint density at radius 3 is 2.81 bits per heavy atom. The van der Waals surface area contributed by atoms with E-state index in [0.717, 1.165) is 27.8 Å². The van der Waals surface area contributed by atoms with Crippen molar-refractivity contribution in [1.29, 1.82) is 0 Å². The molecule has 0 atom stereocenters. The smallest absolute Gasteiger partial charge is 0.417 e. The second-order valence-corrected chi connectivity index (χ2v) is 6.41. The molecule has 0 radical (unpaired) electrons. The lowest BCUT2D eigenvalue weighted by atomic mass is 9.92. The van der Waals surface area contributed by atoms with Crippen LogP contribution in [-0.4, -0.2) is 4.98 Å². The largest absolute Gasteiger partial charge is 0.488 e. The predicted octanol–water partition coefficient (Wildman–Crippen LogP) is 4.74. The summed E-state index contributed by atoms with van der Waals surface area (Å²) in [4.78, 5) is 14.1. The minimum atomic E-state index is -0.483. The maximum Gasteiger partial charge on any atom is 0.417 e. The van der Waals surface area contributed by atoms with Crippen molar-refractivity contribution in [3.63, 3.8) is 0 Å². The van der Waals surface area contributed by atoms with Crippen LogP contribution in [0.3, 0.4) is 0 Å². The molecule has 132 valence electrons. The van der Waals surface area contributed by atoms with E-state index in [0.29, 0.717) is 23.5 Å². The fraction of sp³-hybridized carbons (Fsp3) is 0.0455.